The normalized spacial score (nSPS) is 15.2. The van der Waals surface area contributed by atoms with Crippen LogP contribution in [0.3, 0.4) is 0 Å². The van der Waals surface area contributed by atoms with Crippen LogP contribution in [-0.2, 0) is 9.59 Å². The van der Waals surface area contributed by atoms with Crippen molar-refractivity contribution in [1.29, 1.82) is 0 Å². The monoisotopic (exact) mass is 414 g/mol. The maximum Gasteiger partial charge on any atom is 0.266 e. The first-order valence-electron chi connectivity index (χ1n) is 8.36. The predicted molar refractivity (Wildman–Crippen MR) is 114 cm³/mol. The van der Waals surface area contributed by atoms with Crippen LogP contribution >= 0.6 is 24.0 Å². The van der Waals surface area contributed by atoms with E-state index in [0.29, 0.717) is 26.2 Å². The molecule has 0 unspecified atom stereocenters. The van der Waals surface area contributed by atoms with E-state index in [0.717, 1.165) is 17.3 Å². The summed E-state index contributed by atoms with van der Waals surface area (Å²) in [5.74, 6) is -0.338. The van der Waals surface area contributed by atoms with Gasteiger partial charge in [0, 0.05) is 5.69 Å². The molecule has 8 heteroatoms. The highest BCUT2D eigenvalue weighted by Crippen LogP contribution is 2.34. The van der Waals surface area contributed by atoms with Crippen LogP contribution in [0.5, 0.6) is 11.5 Å². The van der Waals surface area contributed by atoms with E-state index in [9.17, 15) is 14.7 Å². The van der Waals surface area contributed by atoms with Gasteiger partial charge in [0.25, 0.3) is 5.91 Å². The molecule has 0 aliphatic carbocycles. The standard InChI is InChI=1S/C20H18N2O4S2/c1-12-3-6-14(7-4-12)21-18(24)11-22-19(25)17(28-20(22)27)10-13-5-8-15(23)16(9-13)26-2/h3-10,23H,11H2,1-2H3,(H,21,24)/b17-10-. The second kappa shape index (κ2) is 8.45. The number of nitrogens with zero attached hydrogens (tertiary/aromatic N) is 1. The number of amides is 2. The van der Waals surface area contributed by atoms with Gasteiger partial charge in [-0.15, -0.1) is 0 Å². The van der Waals surface area contributed by atoms with Gasteiger partial charge >= 0.3 is 0 Å². The van der Waals surface area contributed by atoms with E-state index in [1.807, 2.05) is 19.1 Å². The van der Waals surface area contributed by atoms with Crippen LogP contribution in [-0.4, -0.2) is 39.8 Å². The lowest BCUT2D eigenvalue weighted by Gasteiger charge is -2.14. The highest BCUT2D eigenvalue weighted by Gasteiger charge is 2.33. The van der Waals surface area contributed by atoms with Gasteiger partial charge in [-0.3, -0.25) is 14.5 Å². The fourth-order valence-corrected chi connectivity index (χ4v) is 3.81. The molecule has 1 fully saturated rings. The first kappa shape index (κ1) is 19.9. The van der Waals surface area contributed by atoms with E-state index < -0.39 is 0 Å². The molecule has 0 radical (unpaired) electrons. The van der Waals surface area contributed by atoms with Gasteiger partial charge in [0.2, 0.25) is 5.91 Å². The summed E-state index contributed by atoms with van der Waals surface area (Å²) in [6.45, 7) is 1.80. The number of phenols is 1. The second-order valence-corrected chi connectivity index (χ2v) is 7.79. The van der Waals surface area contributed by atoms with Crippen molar-refractivity contribution in [2.45, 2.75) is 6.92 Å². The number of phenolic OH excluding ortho intramolecular Hbond substituents is 1. The number of aromatic hydroxyl groups is 1. The molecule has 3 rings (SSSR count). The molecule has 1 aliphatic heterocycles. The first-order valence-corrected chi connectivity index (χ1v) is 9.59. The van der Waals surface area contributed by atoms with Crippen molar-refractivity contribution in [2.75, 3.05) is 19.0 Å². The maximum absolute atomic E-state index is 12.7. The van der Waals surface area contributed by atoms with E-state index in [1.165, 1.54) is 18.1 Å². The number of thiocarbonyl (C=S) groups is 1. The van der Waals surface area contributed by atoms with Gasteiger partial charge < -0.3 is 15.2 Å². The number of methoxy groups -OCH3 is 1. The first-order chi connectivity index (χ1) is 13.4. The summed E-state index contributed by atoms with van der Waals surface area (Å²) in [6.07, 6.45) is 1.65. The third-order valence-corrected chi connectivity index (χ3v) is 5.39. The number of rotatable bonds is 5. The van der Waals surface area contributed by atoms with Gasteiger partial charge in [-0.05, 0) is 42.8 Å². The molecule has 0 aromatic heterocycles. The molecule has 0 atom stereocenters. The molecule has 2 aromatic carbocycles. The summed E-state index contributed by atoms with van der Waals surface area (Å²) < 4.78 is 5.40. The second-order valence-electron chi connectivity index (χ2n) is 6.11. The minimum Gasteiger partial charge on any atom is -0.504 e. The van der Waals surface area contributed by atoms with E-state index in [-0.39, 0.29) is 24.1 Å². The van der Waals surface area contributed by atoms with E-state index in [1.54, 1.807) is 30.3 Å². The lowest BCUT2D eigenvalue weighted by Crippen LogP contribution is -2.36. The SMILES string of the molecule is COc1cc(/C=C2\SC(=S)N(CC(=O)Nc3ccc(C)cc3)C2=O)ccc1O. The molecular formula is C20H18N2O4S2. The van der Waals surface area contributed by atoms with Crippen molar-refractivity contribution < 1.29 is 19.4 Å². The van der Waals surface area contributed by atoms with Gasteiger partial charge in [0.05, 0.1) is 12.0 Å². The zero-order chi connectivity index (χ0) is 20.3. The molecule has 0 bridgehead atoms. The fourth-order valence-electron chi connectivity index (χ4n) is 2.55. The minimum atomic E-state index is -0.332. The molecule has 1 saturated heterocycles. The van der Waals surface area contributed by atoms with Crippen LogP contribution in [0.2, 0.25) is 0 Å². The molecular weight excluding hydrogens is 396 g/mol. The predicted octanol–water partition coefficient (Wildman–Crippen LogP) is 3.55. The Morgan fingerprint density at radius 1 is 1.29 bits per heavy atom. The van der Waals surface area contributed by atoms with Crippen LogP contribution < -0.4 is 10.1 Å². The van der Waals surface area contributed by atoms with E-state index >= 15 is 0 Å². The molecule has 28 heavy (non-hydrogen) atoms. The molecule has 1 heterocycles. The molecule has 2 N–H and O–H groups in total. The number of anilines is 1. The number of thioether (sulfide) groups is 1. The molecule has 0 spiro atoms. The van der Waals surface area contributed by atoms with Crippen molar-refractivity contribution >= 4 is 51.9 Å². The van der Waals surface area contributed by atoms with Gasteiger partial charge in [0.15, 0.2) is 11.5 Å². The Morgan fingerprint density at radius 2 is 2.00 bits per heavy atom. The molecule has 2 aromatic rings. The molecule has 6 nitrogen and oxygen atoms in total. The lowest BCUT2D eigenvalue weighted by atomic mass is 10.2. The number of aryl methyl sites for hydroxylation is 1. The van der Waals surface area contributed by atoms with E-state index in [4.69, 9.17) is 17.0 Å². The van der Waals surface area contributed by atoms with Crippen molar-refractivity contribution in [2.24, 2.45) is 0 Å². The van der Waals surface area contributed by atoms with Crippen molar-refractivity contribution in [1.82, 2.24) is 4.90 Å². The Kier molecular flexibility index (Phi) is 6.01. The Bertz CT molecular complexity index is 971. The van der Waals surface area contributed by atoms with E-state index in [2.05, 4.69) is 5.32 Å². The smallest absolute Gasteiger partial charge is 0.266 e. The molecule has 1 aliphatic rings. The number of hydrogen-bond donors (Lipinski definition) is 2. The minimum absolute atomic E-state index is 0.0139. The topological polar surface area (TPSA) is 78.9 Å². The fraction of sp³-hybridized carbons (Fsp3) is 0.150. The number of hydrogen-bond acceptors (Lipinski definition) is 6. The maximum atomic E-state index is 12.7. The van der Waals surface area contributed by atoms with Crippen LogP contribution in [0, 0.1) is 6.92 Å². The van der Waals surface area contributed by atoms with Crippen LogP contribution in [0.25, 0.3) is 6.08 Å². The number of carbonyl (C=O) groups excluding carboxylic acids is 2. The Balaban J connectivity index is 1.70. The van der Waals surface area contributed by atoms with Gasteiger partial charge in [-0.25, -0.2) is 0 Å². The largest absolute Gasteiger partial charge is 0.504 e. The summed E-state index contributed by atoms with van der Waals surface area (Å²) in [6, 6.07) is 12.2. The number of nitrogens with one attached hydrogen (secondary N) is 1. The number of carbonyl (C=O) groups is 2. The van der Waals surface area contributed by atoms with Gasteiger partial charge in [0.1, 0.15) is 10.9 Å². The number of benzene rings is 2. The average molecular weight is 415 g/mol. The number of ether oxygens (including phenoxy) is 1. The van der Waals surface area contributed by atoms with Gasteiger partial charge in [-0.2, -0.15) is 0 Å². The Morgan fingerprint density at radius 3 is 2.68 bits per heavy atom. The average Bonchev–Trinajstić information content (AvgIpc) is 2.92. The summed E-state index contributed by atoms with van der Waals surface area (Å²) >= 11 is 6.39. The zero-order valence-corrected chi connectivity index (χ0v) is 16.9. The lowest BCUT2D eigenvalue weighted by molar-refractivity contribution is -0.126. The highest BCUT2D eigenvalue weighted by molar-refractivity contribution is 8.26. The van der Waals surface area contributed by atoms with Gasteiger partial charge in [-0.1, -0.05) is 47.7 Å². The van der Waals surface area contributed by atoms with Crippen LogP contribution in [0.1, 0.15) is 11.1 Å². The summed E-state index contributed by atoms with van der Waals surface area (Å²) in [7, 11) is 1.45. The summed E-state index contributed by atoms with van der Waals surface area (Å²) in [5.41, 5.74) is 2.43. The molecule has 144 valence electrons. The summed E-state index contributed by atoms with van der Waals surface area (Å²) in [4.78, 5) is 26.6. The molecule has 2 amide bonds. The van der Waals surface area contributed by atoms with Crippen molar-refractivity contribution in [3.05, 3.63) is 58.5 Å². The summed E-state index contributed by atoms with van der Waals surface area (Å²) in [5, 5.41) is 12.4. The van der Waals surface area contributed by atoms with Crippen LogP contribution in [0.4, 0.5) is 5.69 Å². The van der Waals surface area contributed by atoms with Crippen LogP contribution in [0.15, 0.2) is 47.4 Å². The zero-order valence-electron chi connectivity index (χ0n) is 15.3. The molecule has 0 saturated carbocycles. The third kappa shape index (κ3) is 4.52. The Labute approximate surface area is 172 Å². The quantitative estimate of drug-likeness (QED) is 0.575. The third-order valence-electron chi connectivity index (χ3n) is 4.01. The Hall–Kier alpha value is -2.84. The van der Waals surface area contributed by atoms with Crippen molar-refractivity contribution in [3.8, 4) is 11.5 Å². The van der Waals surface area contributed by atoms with Crippen molar-refractivity contribution in [3.63, 3.8) is 0 Å². The highest BCUT2D eigenvalue weighted by atomic mass is 32.2.